The summed E-state index contributed by atoms with van der Waals surface area (Å²) in [4.78, 5) is 2.26. The van der Waals surface area contributed by atoms with Crippen molar-refractivity contribution in [1.29, 1.82) is 0 Å². The van der Waals surface area contributed by atoms with Crippen LogP contribution in [0.3, 0.4) is 0 Å². The molecule has 0 aromatic heterocycles. The first-order valence-corrected chi connectivity index (χ1v) is 13.7. The van der Waals surface area contributed by atoms with Gasteiger partial charge in [0.2, 0.25) is 0 Å². The molecule has 2 heterocycles. The fourth-order valence-electron chi connectivity index (χ4n) is 5.04. The van der Waals surface area contributed by atoms with Crippen LogP contribution in [0.25, 0.3) is 0 Å². The SMILES string of the molecule is CN=S(=O)(NC1COCC(N2c3ccccc3CCc3ccccc32)C1O)c1ccc(OC(F)(F)F)cc1. The van der Waals surface area contributed by atoms with Gasteiger partial charge in [-0.25, -0.2) is 13.3 Å². The average molecular weight is 548 g/mol. The number of aliphatic hydroxyl groups excluding tert-OH is 1. The standard InChI is InChI=1S/C27H28F3N3O4S/c1-31-38(35,21-14-12-20(13-15-21)37-27(28,29)30)32-22-16-36-17-25(26(22)34)33-23-8-4-2-6-18(23)10-11-19-7-3-5-9-24(19)33/h2-9,12-15,22,25-26,34H,10-11,16-17H2,1H3,(H,31,32,35). The molecule has 0 radical (unpaired) electrons. The van der Waals surface area contributed by atoms with E-state index in [-0.39, 0.29) is 18.1 Å². The lowest BCUT2D eigenvalue weighted by Crippen LogP contribution is -2.60. The number of benzene rings is 3. The fraction of sp³-hybridized carbons (Fsp3) is 0.333. The molecule has 0 spiro atoms. The molecule has 0 aliphatic carbocycles. The maximum Gasteiger partial charge on any atom is 0.573 e. The van der Waals surface area contributed by atoms with Crippen LogP contribution >= 0.6 is 0 Å². The van der Waals surface area contributed by atoms with Crippen LogP contribution in [-0.2, 0) is 27.5 Å². The molecule has 2 aliphatic heterocycles. The van der Waals surface area contributed by atoms with Gasteiger partial charge >= 0.3 is 6.36 Å². The summed E-state index contributed by atoms with van der Waals surface area (Å²) in [6.45, 7) is 0.326. The first kappa shape index (κ1) is 26.5. The van der Waals surface area contributed by atoms with Crippen LogP contribution in [0.2, 0.25) is 0 Å². The number of nitrogens with zero attached hydrogens (tertiary/aromatic N) is 2. The van der Waals surface area contributed by atoms with Crippen LogP contribution in [0.1, 0.15) is 11.1 Å². The number of nitrogens with one attached hydrogen (secondary N) is 1. The van der Waals surface area contributed by atoms with Gasteiger partial charge in [0.15, 0.2) is 0 Å². The quantitative estimate of drug-likeness (QED) is 0.488. The van der Waals surface area contributed by atoms with Gasteiger partial charge in [-0.2, -0.15) is 0 Å². The van der Waals surface area contributed by atoms with E-state index in [1.807, 2.05) is 36.4 Å². The van der Waals surface area contributed by atoms with Crippen molar-refractivity contribution < 1.29 is 32.0 Å². The van der Waals surface area contributed by atoms with Gasteiger partial charge in [0, 0.05) is 18.4 Å². The van der Waals surface area contributed by atoms with Gasteiger partial charge in [0.25, 0.3) is 0 Å². The Morgan fingerprint density at radius 1 is 0.974 bits per heavy atom. The van der Waals surface area contributed by atoms with Crippen molar-refractivity contribution in [3.63, 3.8) is 0 Å². The Labute approximate surface area is 219 Å². The number of halogens is 3. The average Bonchev–Trinajstić information content (AvgIpc) is 3.06. The highest BCUT2D eigenvalue weighted by atomic mass is 32.2. The molecule has 11 heteroatoms. The van der Waals surface area contributed by atoms with Crippen LogP contribution in [0.4, 0.5) is 24.5 Å². The monoisotopic (exact) mass is 547 g/mol. The third kappa shape index (κ3) is 5.37. The van der Waals surface area contributed by atoms with E-state index in [1.165, 1.54) is 19.2 Å². The number of aliphatic hydroxyl groups is 1. The zero-order valence-electron chi connectivity index (χ0n) is 20.6. The second-order valence-electron chi connectivity index (χ2n) is 9.17. The van der Waals surface area contributed by atoms with Crippen molar-refractivity contribution in [3.05, 3.63) is 83.9 Å². The number of rotatable bonds is 5. The minimum Gasteiger partial charge on any atom is -0.406 e. The highest BCUT2D eigenvalue weighted by Crippen LogP contribution is 2.39. The normalized spacial score (nSPS) is 23.0. The first-order chi connectivity index (χ1) is 18.2. The number of aryl methyl sites for hydroxylation is 2. The third-order valence-corrected chi connectivity index (χ3v) is 8.88. The molecule has 0 amide bonds. The number of alkyl halides is 3. The van der Waals surface area contributed by atoms with Crippen molar-refractivity contribution in [2.45, 2.75) is 42.3 Å². The predicted octanol–water partition coefficient (Wildman–Crippen LogP) is 4.61. The molecule has 38 heavy (non-hydrogen) atoms. The van der Waals surface area contributed by atoms with E-state index in [9.17, 15) is 22.5 Å². The number of para-hydroxylation sites is 2. The van der Waals surface area contributed by atoms with E-state index in [0.29, 0.717) is 0 Å². The molecule has 0 saturated carbocycles. The Morgan fingerprint density at radius 2 is 1.55 bits per heavy atom. The molecule has 4 atom stereocenters. The summed E-state index contributed by atoms with van der Waals surface area (Å²) in [6.07, 6.45) is -4.13. The van der Waals surface area contributed by atoms with Crippen LogP contribution in [-0.4, -0.2) is 54.1 Å². The Balaban J connectivity index is 1.44. The zero-order valence-corrected chi connectivity index (χ0v) is 21.4. The lowest BCUT2D eigenvalue weighted by molar-refractivity contribution is -0.274. The highest BCUT2D eigenvalue weighted by molar-refractivity contribution is 7.91. The molecule has 3 aromatic rings. The number of anilines is 2. The molecule has 2 N–H and O–H groups in total. The second-order valence-corrected chi connectivity index (χ2v) is 11.3. The van der Waals surface area contributed by atoms with Gasteiger partial charge in [-0.3, -0.25) is 0 Å². The summed E-state index contributed by atoms with van der Waals surface area (Å²) in [7, 11) is -1.95. The lowest BCUT2D eigenvalue weighted by atomic mass is 9.98. The van der Waals surface area contributed by atoms with Crippen LogP contribution in [0.5, 0.6) is 5.75 Å². The summed E-state index contributed by atoms with van der Waals surface area (Å²) >= 11 is 0. The van der Waals surface area contributed by atoms with Crippen molar-refractivity contribution in [2.75, 3.05) is 25.2 Å². The number of hydrogen-bond donors (Lipinski definition) is 2. The molecular formula is C27H28F3N3O4S. The lowest BCUT2D eigenvalue weighted by Gasteiger charge is -2.43. The molecule has 1 fully saturated rings. The largest absolute Gasteiger partial charge is 0.573 e. The minimum absolute atomic E-state index is 0.0799. The summed E-state index contributed by atoms with van der Waals surface area (Å²) in [5, 5.41) is 11.6. The van der Waals surface area contributed by atoms with Crippen molar-refractivity contribution in [3.8, 4) is 5.75 Å². The van der Waals surface area contributed by atoms with Gasteiger partial charge < -0.3 is 19.5 Å². The number of fused-ring (bicyclic) bond motifs is 2. The Kier molecular flexibility index (Phi) is 7.36. The number of hydrogen-bond acceptors (Lipinski definition) is 6. The molecular weight excluding hydrogens is 519 g/mol. The van der Waals surface area contributed by atoms with Crippen molar-refractivity contribution >= 4 is 21.3 Å². The maximum atomic E-state index is 13.8. The smallest absolute Gasteiger partial charge is 0.406 e. The Hall–Kier alpha value is -3.12. The van der Waals surface area contributed by atoms with Crippen LogP contribution in [0.15, 0.2) is 82.1 Å². The molecule has 4 unspecified atom stereocenters. The van der Waals surface area contributed by atoms with Gasteiger partial charge in [-0.05, 0) is 60.4 Å². The number of ether oxygens (including phenoxy) is 2. The van der Waals surface area contributed by atoms with E-state index in [2.05, 4.69) is 30.9 Å². The van der Waals surface area contributed by atoms with Crippen LogP contribution in [0, 0.1) is 0 Å². The predicted molar refractivity (Wildman–Crippen MR) is 138 cm³/mol. The van der Waals surface area contributed by atoms with E-state index < -0.39 is 40.2 Å². The van der Waals surface area contributed by atoms with Gasteiger partial charge in [0.1, 0.15) is 15.7 Å². The summed E-state index contributed by atoms with van der Waals surface area (Å²) in [5.74, 6) is -0.432. The third-order valence-electron chi connectivity index (χ3n) is 6.84. The van der Waals surface area contributed by atoms with E-state index in [1.54, 1.807) is 0 Å². The molecule has 202 valence electrons. The summed E-state index contributed by atoms with van der Waals surface area (Å²) in [5.41, 5.74) is 4.26. The maximum absolute atomic E-state index is 13.8. The van der Waals surface area contributed by atoms with Crippen molar-refractivity contribution in [1.82, 2.24) is 4.72 Å². The van der Waals surface area contributed by atoms with Gasteiger partial charge in [0.05, 0.1) is 36.3 Å². The molecule has 2 aliphatic rings. The summed E-state index contributed by atoms with van der Waals surface area (Å²) in [6, 6.07) is 19.5. The van der Waals surface area contributed by atoms with Gasteiger partial charge in [-0.15, -0.1) is 13.2 Å². The zero-order chi connectivity index (χ0) is 26.9. The molecule has 1 saturated heterocycles. The fourth-order valence-corrected chi connectivity index (χ4v) is 6.62. The highest BCUT2D eigenvalue weighted by Gasteiger charge is 2.40. The topological polar surface area (TPSA) is 83.4 Å². The van der Waals surface area contributed by atoms with Gasteiger partial charge in [-0.1, -0.05) is 36.4 Å². The van der Waals surface area contributed by atoms with E-state index >= 15 is 0 Å². The molecule has 3 aromatic carbocycles. The first-order valence-electron chi connectivity index (χ1n) is 12.2. The van der Waals surface area contributed by atoms with E-state index in [0.717, 1.165) is 47.5 Å². The minimum atomic E-state index is -4.83. The molecule has 5 rings (SSSR count). The van der Waals surface area contributed by atoms with E-state index in [4.69, 9.17) is 4.74 Å². The summed E-state index contributed by atoms with van der Waals surface area (Å²) < 4.78 is 68.2. The molecule has 0 bridgehead atoms. The Morgan fingerprint density at radius 3 is 2.11 bits per heavy atom. The second kappa shape index (κ2) is 10.6. The molecule has 7 nitrogen and oxygen atoms in total. The van der Waals surface area contributed by atoms with Crippen LogP contribution < -0.4 is 14.4 Å². The van der Waals surface area contributed by atoms with Crippen molar-refractivity contribution in [2.24, 2.45) is 4.36 Å². The Bertz CT molecular complexity index is 1360.